The first-order valence-electron chi connectivity index (χ1n) is 10.4. The minimum Gasteiger partial charge on any atom is -0.478 e. The Kier molecular flexibility index (Phi) is 5.21. The van der Waals surface area contributed by atoms with Gasteiger partial charge in [0, 0.05) is 5.33 Å². The highest BCUT2D eigenvalue weighted by Gasteiger charge is 2.22. The van der Waals surface area contributed by atoms with E-state index in [-0.39, 0.29) is 0 Å². The van der Waals surface area contributed by atoms with Crippen LogP contribution >= 0.6 is 15.9 Å². The van der Waals surface area contributed by atoms with E-state index in [1.807, 2.05) is 30.3 Å². The number of carbonyl (C=O) groups is 1. The molecular formula is C28H21BrO2. The smallest absolute Gasteiger partial charge is 0.335 e. The topological polar surface area (TPSA) is 37.3 Å². The Morgan fingerprint density at radius 3 is 1.81 bits per heavy atom. The summed E-state index contributed by atoms with van der Waals surface area (Å²) in [6.45, 7) is 0. The van der Waals surface area contributed by atoms with Crippen molar-refractivity contribution in [2.45, 2.75) is 18.2 Å². The van der Waals surface area contributed by atoms with E-state index in [1.54, 1.807) is 6.07 Å². The van der Waals surface area contributed by atoms with E-state index in [0.717, 1.165) is 29.3 Å². The summed E-state index contributed by atoms with van der Waals surface area (Å²) in [5.41, 5.74) is 12.0. The largest absolute Gasteiger partial charge is 0.478 e. The molecule has 0 unspecified atom stereocenters. The molecule has 0 radical (unpaired) electrons. The second-order valence-electron chi connectivity index (χ2n) is 7.88. The number of rotatable bonds is 2. The van der Waals surface area contributed by atoms with Crippen molar-refractivity contribution < 1.29 is 9.90 Å². The van der Waals surface area contributed by atoms with Crippen LogP contribution in [0.1, 0.15) is 38.2 Å². The number of alkyl halides is 1. The van der Waals surface area contributed by atoms with Crippen molar-refractivity contribution >= 4 is 21.9 Å². The van der Waals surface area contributed by atoms with Gasteiger partial charge < -0.3 is 5.11 Å². The minimum absolute atomic E-state index is 0.425. The molecule has 0 spiro atoms. The number of fused-ring (bicyclic) bond motifs is 6. The molecule has 2 aliphatic rings. The zero-order valence-electron chi connectivity index (χ0n) is 16.9. The van der Waals surface area contributed by atoms with Gasteiger partial charge in [0.05, 0.1) is 5.56 Å². The lowest BCUT2D eigenvalue weighted by Gasteiger charge is -2.04. The molecule has 2 nitrogen and oxygen atoms in total. The highest BCUT2D eigenvalue weighted by atomic mass is 79.9. The van der Waals surface area contributed by atoms with E-state index in [4.69, 9.17) is 5.11 Å². The molecule has 152 valence electrons. The number of hydrogen-bond acceptors (Lipinski definition) is 1. The van der Waals surface area contributed by atoms with Gasteiger partial charge in [-0.25, -0.2) is 4.79 Å². The van der Waals surface area contributed by atoms with E-state index in [1.165, 1.54) is 38.9 Å². The summed E-state index contributed by atoms with van der Waals surface area (Å²) in [7, 11) is 0. The van der Waals surface area contributed by atoms with E-state index < -0.39 is 5.97 Å². The molecule has 0 fully saturated rings. The highest BCUT2D eigenvalue weighted by Crippen LogP contribution is 2.39. The quantitative estimate of drug-likeness (QED) is 0.275. The van der Waals surface area contributed by atoms with Gasteiger partial charge in [0.15, 0.2) is 0 Å². The molecule has 1 N–H and O–H groups in total. The van der Waals surface area contributed by atoms with Gasteiger partial charge in [-0.05, 0) is 69.0 Å². The van der Waals surface area contributed by atoms with Crippen LogP contribution < -0.4 is 0 Å². The molecule has 0 aromatic heterocycles. The molecule has 4 aromatic rings. The van der Waals surface area contributed by atoms with Crippen molar-refractivity contribution in [3.05, 3.63) is 118 Å². The third-order valence-electron chi connectivity index (χ3n) is 6.17. The van der Waals surface area contributed by atoms with E-state index in [0.29, 0.717) is 5.56 Å². The Labute approximate surface area is 190 Å². The van der Waals surface area contributed by atoms with Crippen LogP contribution in [0.25, 0.3) is 22.3 Å². The summed E-state index contributed by atoms with van der Waals surface area (Å²) in [5.74, 6) is -0.843. The van der Waals surface area contributed by atoms with Crippen LogP contribution in [0.4, 0.5) is 0 Å². The first kappa shape index (κ1) is 19.8. The maximum absolute atomic E-state index is 11.1. The van der Waals surface area contributed by atoms with Gasteiger partial charge >= 0.3 is 5.97 Å². The maximum Gasteiger partial charge on any atom is 0.335 e. The van der Waals surface area contributed by atoms with Crippen LogP contribution in [0.5, 0.6) is 0 Å². The van der Waals surface area contributed by atoms with Crippen LogP contribution in [-0.2, 0) is 18.2 Å². The van der Waals surface area contributed by atoms with Crippen LogP contribution in [0.15, 0.2) is 84.9 Å². The third-order valence-corrected chi connectivity index (χ3v) is 6.78. The summed E-state index contributed by atoms with van der Waals surface area (Å²) in [5, 5.41) is 10.1. The van der Waals surface area contributed by atoms with Gasteiger partial charge in [0.1, 0.15) is 0 Å². The van der Waals surface area contributed by atoms with Crippen molar-refractivity contribution in [3.8, 4) is 22.3 Å². The Morgan fingerprint density at radius 1 is 0.677 bits per heavy atom. The average molecular weight is 469 g/mol. The SMILES string of the molecule is BrCc1cccc2c1Cc1ccccc1-2.O=C(O)c1cccc2c1Cc1ccccc1-2. The van der Waals surface area contributed by atoms with Gasteiger partial charge in [-0.15, -0.1) is 0 Å². The van der Waals surface area contributed by atoms with Crippen molar-refractivity contribution in [2.24, 2.45) is 0 Å². The summed E-state index contributed by atoms with van der Waals surface area (Å²) >= 11 is 3.56. The number of carboxylic acids is 1. The fraction of sp³-hybridized carbons (Fsp3) is 0.107. The second kappa shape index (κ2) is 8.16. The molecular weight excluding hydrogens is 448 g/mol. The normalized spacial score (nSPS) is 12.2. The van der Waals surface area contributed by atoms with E-state index in [2.05, 4.69) is 64.5 Å². The molecule has 4 aromatic carbocycles. The average Bonchev–Trinajstić information content (AvgIpc) is 3.37. The number of halogens is 1. The lowest BCUT2D eigenvalue weighted by Crippen LogP contribution is -2.01. The van der Waals surface area contributed by atoms with Crippen LogP contribution in [0, 0.1) is 0 Å². The monoisotopic (exact) mass is 468 g/mol. The van der Waals surface area contributed by atoms with Gasteiger partial charge in [0.2, 0.25) is 0 Å². The molecule has 6 rings (SSSR count). The molecule has 0 bridgehead atoms. The zero-order chi connectivity index (χ0) is 21.4. The van der Waals surface area contributed by atoms with Crippen molar-refractivity contribution in [3.63, 3.8) is 0 Å². The van der Waals surface area contributed by atoms with E-state index >= 15 is 0 Å². The summed E-state index contributed by atoms with van der Waals surface area (Å²) in [6, 6.07) is 28.8. The fourth-order valence-electron chi connectivity index (χ4n) is 4.71. The molecule has 2 aliphatic carbocycles. The van der Waals surface area contributed by atoms with Crippen molar-refractivity contribution in [1.82, 2.24) is 0 Å². The maximum atomic E-state index is 11.1. The predicted octanol–water partition coefficient (Wildman–Crippen LogP) is 7.11. The number of carboxylic acid groups (broad SMARTS) is 1. The van der Waals surface area contributed by atoms with Crippen molar-refractivity contribution in [1.29, 1.82) is 0 Å². The van der Waals surface area contributed by atoms with Crippen molar-refractivity contribution in [2.75, 3.05) is 0 Å². The summed E-state index contributed by atoms with van der Waals surface area (Å²) < 4.78 is 0. The number of hydrogen-bond donors (Lipinski definition) is 1. The molecule has 0 aliphatic heterocycles. The Morgan fingerprint density at radius 2 is 1.19 bits per heavy atom. The standard InChI is InChI=1S/C14H11Br.C14H10O2/c15-9-11-5-3-7-13-12-6-2-1-4-10(12)8-14(11)13;15-14(16)12-7-3-6-11-10-5-2-1-4-9(10)8-13(11)12/h1-7H,8-9H2;1-7H,8H2,(H,15,16). The fourth-order valence-corrected chi connectivity index (χ4v) is 5.23. The molecule has 0 saturated carbocycles. The van der Waals surface area contributed by atoms with Crippen LogP contribution in [0.2, 0.25) is 0 Å². The van der Waals surface area contributed by atoms with Gasteiger partial charge in [0.25, 0.3) is 0 Å². The zero-order valence-corrected chi connectivity index (χ0v) is 18.5. The molecule has 31 heavy (non-hydrogen) atoms. The minimum atomic E-state index is -0.843. The Bertz CT molecular complexity index is 1310. The second-order valence-corrected chi connectivity index (χ2v) is 8.44. The first-order chi connectivity index (χ1) is 15.2. The lowest BCUT2D eigenvalue weighted by atomic mass is 10.0. The molecule has 0 amide bonds. The van der Waals surface area contributed by atoms with Gasteiger partial charge in [-0.3, -0.25) is 0 Å². The summed E-state index contributed by atoms with van der Waals surface area (Å²) in [4.78, 5) is 11.1. The number of benzene rings is 4. The third kappa shape index (κ3) is 3.49. The molecule has 0 heterocycles. The molecule has 0 saturated heterocycles. The van der Waals surface area contributed by atoms with Gasteiger partial charge in [-0.1, -0.05) is 94.8 Å². The van der Waals surface area contributed by atoms with E-state index in [9.17, 15) is 4.79 Å². The predicted molar refractivity (Wildman–Crippen MR) is 129 cm³/mol. The summed E-state index contributed by atoms with van der Waals surface area (Å²) in [6.07, 6.45) is 1.82. The number of aromatic carboxylic acids is 1. The Hall–Kier alpha value is -3.17. The molecule has 3 heteroatoms. The van der Waals surface area contributed by atoms with Crippen LogP contribution in [0.3, 0.4) is 0 Å². The lowest BCUT2D eigenvalue weighted by molar-refractivity contribution is 0.0696. The Balaban J connectivity index is 0.000000132. The molecule has 0 atom stereocenters. The van der Waals surface area contributed by atoms with Crippen LogP contribution in [-0.4, -0.2) is 11.1 Å². The van der Waals surface area contributed by atoms with Gasteiger partial charge in [-0.2, -0.15) is 0 Å². The first-order valence-corrected chi connectivity index (χ1v) is 11.5. The highest BCUT2D eigenvalue weighted by molar-refractivity contribution is 9.08.